The van der Waals surface area contributed by atoms with Gasteiger partial charge in [0.25, 0.3) is 5.91 Å². The maximum Gasteiger partial charge on any atom is 0.254 e. The minimum Gasteiger partial charge on any atom is -0.497 e. The van der Waals surface area contributed by atoms with Crippen LogP contribution >= 0.6 is 0 Å². The number of hydrogen-bond acceptors (Lipinski definition) is 5. The molecule has 2 rings (SSSR count). The minimum atomic E-state index is -3.45. The Morgan fingerprint density at radius 1 is 1.07 bits per heavy atom. The summed E-state index contributed by atoms with van der Waals surface area (Å²) in [6.07, 6.45) is 1.03. The van der Waals surface area contributed by atoms with Gasteiger partial charge in [-0.1, -0.05) is 12.1 Å². The summed E-state index contributed by atoms with van der Waals surface area (Å²) in [5, 5.41) is 2.73. The molecule has 0 atom stereocenters. The van der Waals surface area contributed by atoms with Gasteiger partial charge < -0.3 is 15.0 Å². The van der Waals surface area contributed by atoms with E-state index in [1.54, 1.807) is 49.4 Å². The van der Waals surface area contributed by atoms with Crippen molar-refractivity contribution in [2.24, 2.45) is 0 Å². The highest BCUT2D eigenvalue weighted by atomic mass is 32.2. The predicted molar refractivity (Wildman–Crippen MR) is 108 cm³/mol. The van der Waals surface area contributed by atoms with Crippen LogP contribution in [0.5, 0.6) is 5.75 Å². The van der Waals surface area contributed by atoms with Crippen LogP contribution in [0.4, 0.5) is 11.4 Å². The number of likely N-dealkylation sites (N-methyl/N-ethyl adjacent to an activating group) is 1. The van der Waals surface area contributed by atoms with Gasteiger partial charge in [0.15, 0.2) is 0 Å². The van der Waals surface area contributed by atoms with Crippen LogP contribution < -0.4 is 14.8 Å². The summed E-state index contributed by atoms with van der Waals surface area (Å²) in [5.74, 6) is -0.120. The molecule has 0 fully saturated rings. The number of amides is 2. The SMILES string of the molecule is CCN(CC(=O)Nc1cccc(OC)c1)C(=O)c1cccc(NS(C)(=O)=O)c1. The van der Waals surface area contributed by atoms with Crippen LogP contribution in [0, 0.1) is 0 Å². The van der Waals surface area contributed by atoms with Crippen molar-refractivity contribution in [3.8, 4) is 5.75 Å². The average Bonchev–Trinajstić information content (AvgIpc) is 2.64. The molecule has 28 heavy (non-hydrogen) atoms. The zero-order valence-corrected chi connectivity index (χ0v) is 16.7. The number of hydrogen-bond donors (Lipinski definition) is 2. The molecular weight excluding hydrogens is 382 g/mol. The van der Waals surface area contributed by atoms with E-state index in [1.807, 2.05) is 0 Å². The van der Waals surface area contributed by atoms with E-state index < -0.39 is 10.0 Å². The fourth-order valence-electron chi connectivity index (χ4n) is 2.51. The standard InChI is InChI=1S/C19H23N3O5S/c1-4-22(13-18(23)20-15-8-6-10-17(12-15)27-2)19(24)14-7-5-9-16(11-14)21-28(3,25)26/h5-12,21H,4,13H2,1-3H3,(H,20,23). The number of benzene rings is 2. The highest BCUT2D eigenvalue weighted by Crippen LogP contribution is 2.17. The Balaban J connectivity index is 2.08. The largest absolute Gasteiger partial charge is 0.497 e. The maximum atomic E-state index is 12.7. The van der Waals surface area contributed by atoms with E-state index in [4.69, 9.17) is 4.74 Å². The number of nitrogens with one attached hydrogen (secondary N) is 2. The predicted octanol–water partition coefficient (Wildman–Crippen LogP) is 2.17. The normalized spacial score (nSPS) is 10.8. The molecule has 8 nitrogen and oxygen atoms in total. The first-order chi connectivity index (χ1) is 13.2. The second-order valence-corrected chi connectivity index (χ2v) is 7.80. The Hall–Kier alpha value is -3.07. The molecule has 2 aromatic rings. The van der Waals surface area contributed by atoms with E-state index in [1.165, 1.54) is 18.1 Å². The third-order valence-electron chi connectivity index (χ3n) is 3.77. The van der Waals surface area contributed by atoms with Gasteiger partial charge in [0.2, 0.25) is 15.9 Å². The van der Waals surface area contributed by atoms with Crippen molar-refractivity contribution in [1.82, 2.24) is 4.90 Å². The number of anilines is 2. The van der Waals surface area contributed by atoms with Crippen molar-refractivity contribution in [1.29, 1.82) is 0 Å². The number of carbonyl (C=O) groups is 2. The van der Waals surface area contributed by atoms with Gasteiger partial charge in [0.05, 0.1) is 13.4 Å². The molecule has 0 radical (unpaired) electrons. The monoisotopic (exact) mass is 405 g/mol. The average molecular weight is 405 g/mol. The molecule has 0 heterocycles. The smallest absolute Gasteiger partial charge is 0.254 e. The van der Waals surface area contributed by atoms with Crippen LogP contribution in [0.3, 0.4) is 0 Å². The lowest BCUT2D eigenvalue weighted by molar-refractivity contribution is -0.116. The van der Waals surface area contributed by atoms with Gasteiger partial charge in [0.1, 0.15) is 12.3 Å². The van der Waals surface area contributed by atoms with Gasteiger partial charge in [-0.25, -0.2) is 8.42 Å². The van der Waals surface area contributed by atoms with Crippen molar-refractivity contribution >= 4 is 33.2 Å². The summed E-state index contributed by atoms with van der Waals surface area (Å²) in [4.78, 5) is 26.4. The van der Waals surface area contributed by atoms with Crippen molar-refractivity contribution in [2.75, 3.05) is 36.5 Å². The summed E-state index contributed by atoms with van der Waals surface area (Å²) in [6.45, 7) is 1.93. The van der Waals surface area contributed by atoms with Crippen molar-refractivity contribution < 1.29 is 22.7 Å². The molecule has 0 saturated carbocycles. The molecule has 0 bridgehead atoms. The van der Waals surface area contributed by atoms with Crippen LogP contribution in [-0.4, -0.2) is 51.6 Å². The summed E-state index contributed by atoms with van der Waals surface area (Å²) < 4.78 is 30.2. The molecule has 9 heteroatoms. The lowest BCUT2D eigenvalue weighted by Gasteiger charge is -2.21. The zero-order valence-electron chi connectivity index (χ0n) is 15.9. The van der Waals surface area contributed by atoms with Gasteiger partial charge in [-0.05, 0) is 37.3 Å². The molecule has 2 aromatic carbocycles. The first-order valence-corrected chi connectivity index (χ1v) is 10.4. The Morgan fingerprint density at radius 2 is 1.75 bits per heavy atom. The third kappa shape index (κ3) is 6.27. The van der Waals surface area contributed by atoms with Crippen molar-refractivity contribution in [2.45, 2.75) is 6.92 Å². The fraction of sp³-hybridized carbons (Fsp3) is 0.263. The van der Waals surface area contributed by atoms with Crippen LogP contribution in [0.1, 0.15) is 17.3 Å². The lowest BCUT2D eigenvalue weighted by Crippen LogP contribution is -2.37. The second-order valence-electron chi connectivity index (χ2n) is 6.05. The molecule has 0 aromatic heterocycles. The Bertz CT molecular complexity index is 960. The van der Waals surface area contributed by atoms with E-state index in [-0.39, 0.29) is 29.6 Å². The van der Waals surface area contributed by atoms with E-state index in [0.29, 0.717) is 18.0 Å². The first kappa shape index (κ1) is 21.2. The molecule has 0 aliphatic carbocycles. The lowest BCUT2D eigenvalue weighted by atomic mass is 10.1. The van der Waals surface area contributed by atoms with Crippen molar-refractivity contribution in [3.63, 3.8) is 0 Å². The first-order valence-electron chi connectivity index (χ1n) is 8.53. The number of rotatable bonds is 8. The van der Waals surface area contributed by atoms with E-state index in [9.17, 15) is 18.0 Å². The third-order valence-corrected chi connectivity index (χ3v) is 4.38. The Morgan fingerprint density at radius 3 is 2.39 bits per heavy atom. The molecule has 0 saturated heterocycles. The Labute approximate surface area is 164 Å². The van der Waals surface area contributed by atoms with Gasteiger partial charge in [-0.15, -0.1) is 0 Å². The second kappa shape index (κ2) is 9.23. The summed E-state index contributed by atoms with van der Waals surface area (Å²) in [5.41, 5.74) is 1.13. The van der Waals surface area contributed by atoms with Gasteiger partial charge in [0, 0.05) is 29.5 Å². The molecule has 0 aliphatic rings. The zero-order chi connectivity index (χ0) is 20.7. The van der Waals surface area contributed by atoms with Crippen molar-refractivity contribution in [3.05, 3.63) is 54.1 Å². The van der Waals surface area contributed by atoms with Gasteiger partial charge in [-0.3, -0.25) is 14.3 Å². The topological polar surface area (TPSA) is 105 Å². The minimum absolute atomic E-state index is 0.143. The van der Waals surface area contributed by atoms with Crippen LogP contribution in [0.15, 0.2) is 48.5 Å². The number of methoxy groups -OCH3 is 1. The number of nitrogens with zero attached hydrogens (tertiary/aromatic N) is 1. The molecule has 0 spiro atoms. The van der Waals surface area contributed by atoms with Crippen LogP contribution in [0.25, 0.3) is 0 Å². The molecule has 2 amide bonds. The van der Waals surface area contributed by atoms with Crippen LogP contribution in [-0.2, 0) is 14.8 Å². The molecule has 0 unspecified atom stereocenters. The highest BCUT2D eigenvalue weighted by molar-refractivity contribution is 7.92. The highest BCUT2D eigenvalue weighted by Gasteiger charge is 2.18. The number of carbonyl (C=O) groups excluding carboxylic acids is 2. The van der Waals surface area contributed by atoms with E-state index >= 15 is 0 Å². The summed E-state index contributed by atoms with van der Waals surface area (Å²) >= 11 is 0. The molecular formula is C19H23N3O5S. The van der Waals surface area contributed by atoms with Crippen LogP contribution in [0.2, 0.25) is 0 Å². The summed E-state index contributed by atoms with van der Waals surface area (Å²) in [7, 11) is -1.92. The van der Waals surface area contributed by atoms with E-state index in [0.717, 1.165) is 6.26 Å². The maximum absolute atomic E-state index is 12.7. The summed E-state index contributed by atoms with van der Waals surface area (Å²) in [6, 6.07) is 13.0. The molecule has 0 aliphatic heterocycles. The van der Waals surface area contributed by atoms with Gasteiger partial charge >= 0.3 is 0 Å². The van der Waals surface area contributed by atoms with E-state index in [2.05, 4.69) is 10.0 Å². The quantitative estimate of drug-likeness (QED) is 0.700. The van der Waals surface area contributed by atoms with Gasteiger partial charge in [-0.2, -0.15) is 0 Å². The molecule has 2 N–H and O–H groups in total. The molecule has 150 valence electrons. The number of ether oxygens (including phenoxy) is 1. The Kier molecular flexibility index (Phi) is 7.00. The number of sulfonamides is 1. The fourth-order valence-corrected chi connectivity index (χ4v) is 3.07.